The second kappa shape index (κ2) is 16.0. The first-order chi connectivity index (χ1) is 30.3. The molecule has 0 fully saturated rings. The number of aromatic hydroxyl groups is 2. The molecule has 0 bridgehead atoms. The molecule has 0 saturated carbocycles. The molecule has 4 aromatic heterocycles. The van der Waals surface area contributed by atoms with Crippen molar-refractivity contribution in [2.24, 2.45) is 0 Å². The highest BCUT2D eigenvalue weighted by Crippen LogP contribution is 2.41. The lowest BCUT2D eigenvalue weighted by atomic mass is 9.86. The summed E-state index contributed by atoms with van der Waals surface area (Å²) < 4.78 is 21.9. The molecule has 16 nitrogen and oxygen atoms in total. The number of H-pyrrole nitrogens is 1. The van der Waals surface area contributed by atoms with Crippen molar-refractivity contribution in [3.05, 3.63) is 116 Å². The minimum atomic E-state index is -1.91. The van der Waals surface area contributed by atoms with Gasteiger partial charge in [-0.15, -0.1) is 0 Å². The van der Waals surface area contributed by atoms with Gasteiger partial charge in [0.1, 0.15) is 23.9 Å². The van der Waals surface area contributed by atoms with Crippen LogP contribution in [0.1, 0.15) is 80.7 Å². The van der Waals surface area contributed by atoms with E-state index in [-0.39, 0.29) is 65.9 Å². The molecule has 6 heterocycles. The molecule has 4 N–H and O–H groups in total. The maximum atomic E-state index is 13.7. The van der Waals surface area contributed by atoms with Crippen LogP contribution in [0.15, 0.2) is 76.4 Å². The van der Waals surface area contributed by atoms with Crippen molar-refractivity contribution >= 4 is 33.7 Å². The number of phenols is 2. The number of phenolic OH excluding ortho intramolecular Hbond substituents is 2. The molecular weight excluding hydrogens is 809 g/mol. The molecule has 0 saturated heterocycles. The maximum absolute atomic E-state index is 13.7. The number of aliphatic hydroxyl groups is 1. The van der Waals surface area contributed by atoms with E-state index in [1.54, 1.807) is 47.9 Å². The van der Waals surface area contributed by atoms with Crippen LogP contribution in [-0.2, 0) is 50.8 Å². The zero-order chi connectivity index (χ0) is 44.3. The van der Waals surface area contributed by atoms with Gasteiger partial charge in [-0.05, 0) is 90.9 Å². The first kappa shape index (κ1) is 41.3. The van der Waals surface area contributed by atoms with E-state index in [9.17, 15) is 34.5 Å². The van der Waals surface area contributed by atoms with Gasteiger partial charge in [-0.2, -0.15) is 5.10 Å². The molecule has 0 spiro atoms. The Morgan fingerprint density at radius 2 is 1.81 bits per heavy atom. The lowest BCUT2D eigenvalue weighted by Gasteiger charge is -2.31. The van der Waals surface area contributed by atoms with Gasteiger partial charge in [-0.1, -0.05) is 27.7 Å². The fraction of sp³-hybridized carbons (Fsp3) is 0.319. The van der Waals surface area contributed by atoms with E-state index >= 15 is 0 Å². The number of carbonyl (C=O) groups excluding carboxylic acids is 2. The van der Waals surface area contributed by atoms with Crippen molar-refractivity contribution in [1.82, 2.24) is 28.9 Å². The lowest BCUT2D eigenvalue weighted by molar-refractivity contribution is -0.172. The zero-order valence-electron chi connectivity index (χ0n) is 35.2. The Kier molecular flexibility index (Phi) is 10.5. The van der Waals surface area contributed by atoms with Gasteiger partial charge in [-0.3, -0.25) is 9.59 Å². The van der Waals surface area contributed by atoms with Gasteiger partial charge in [0.15, 0.2) is 11.4 Å². The number of aryl methyl sites for hydroxylation is 1. The summed E-state index contributed by atoms with van der Waals surface area (Å²) >= 11 is 0. The van der Waals surface area contributed by atoms with E-state index in [2.05, 4.69) is 10.2 Å². The summed E-state index contributed by atoms with van der Waals surface area (Å²) in [5, 5.41) is 40.6. The highest BCUT2D eigenvalue weighted by molar-refractivity contribution is 5.90. The largest absolute Gasteiger partial charge is 0.508 e. The van der Waals surface area contributed by atoms with Crippen LogP contribution in [0.25, 0.3) is 50.3 Å². The van der Waals surface area contributed by atoms with Crippen molar-refractivity contribution in [3.63, 3.8) is 0 Å². The molecule has 16 heteroatoms. The Morgan fingerprint density at radius 1 is 0.984 bits per heavy atom. The van der Waals surface area contributed by atoms with Crippen LogP contribution in [0.3, 0.4) is 0 Å². The topological polar surface area (TPSA) is 213 Å². The summed E-state index contributed by atoms with van der Waals surface area (Å²) in [4.78, 5) is 57.1. The fourth-order valence-electron chi connectivity index (χ4n) is 8.85. The quantitative estimate of drug-likeness (QED) is 0.0591. The minimum Gasteiger partial charge on any atom is -0.508 e. The predicted molar refractivity (Wildman–Crippen MR) is 232 cm³/mol. The van der Waals surface area contributed by atoms with E-state index in [1.165, 1.54) is 10.6 Å². The van der Waals surface area contributed by atoms with Crippen LogP contribution in [-0.4, -0.2) is 69.4 Å². The number of aromatic amines is 1. The number of nitrogens with zero attached hydrogens (tertiary/aromatic N) is 5. The van der Waals surface area contributed by atoms with Crippen molar-refractivity contribution < 1.29 is 39.1 Å². The van der Waals surface area contributed by atoms with Gasteiger partial charge in [-0.25, -0.2) is 24.2 Å². The molecule has 2 aliphatic heterocycles. The number of hydrogen-bond donors (Lipinski definition) is 4. The third-order valence-electron chi connectivity index (χ3n) is 12.2. The van der Waals surface area contributed by atoms with Gasteiger partial charge in [0, 0.05) is 59.3 Å². The second-order valence-corrected chi connectivity index (χ2v) is 16.3. The van der Waals surface area contributed by atoms with Crippen LogP contribution < -0.4 is 16.0 Å². The number of benzene rings is 3. The number of fused-ring (bicyclic) bond motifs is 6. The third kappa shape index (κ3) is 7.04. The highest BCUT2D eigenvalue weighted by Gasteiger charge is 2.45. The predicted octanol–water partition coefficient (Wildman–Crippen LogP) is 6.07. The van der Waals surface area contributed by atoms with Gasteiger partial charge in [0.05, 0.1) is 46.9 Å². The van der Waals surface area contributed by atoms with Gasteiger partial charge >= 0.3 is 17.6 Å². The fourth-order valence-corrected chi connectivity index (χ4v) is 8.85. The summed E-state index contributed by atoms with van der Waals surface area (Å²) in [5.74, 6) is -0.826. The average molecular weight is 855 g/mol. The first-order valence-electron chi connectivity index (χ1n) is 21.0. The standard InChI is InChI=1S/C47H46N6O10/c1-5-29-31-19-28(10-11-36(31)48-42-33(29)23-52-38(42)21-35-34(44(52)57)24-62-45(58)47(35,60)6-2)63-41(56)8-7-16-61-17-15-51-14-13-26-18-27(9-12-37(26)51)53-43(49-50-46(53)59)32-20-30(25(3)4)39(54)22-40(32)55/h9-14,18-22,25,54-55,60H,5-8,15-17,23-24H2,1-4H3,(H,50,59). The Morgan fingerprint density at radius 3 is 2.59 bits per heavy atom. The minimum absolute atomic E-state index is 0.0263. The molecule has 324 valence electrons. The molecule has 9 rings (SSSR count). The summed E-state index contributed by atoms with van der Waals surface area (Å²) in [6, 6.07) is 17.4. The van der Waals surface area contributed by atoms with Gasteiger partial charge in [0.2, 0.25) is 0 Å². The van der Waals surface area contributed by atoms with Crippen LogP contribution in [0.4, 0.5) is 0 Å². The summed E-state index contributed by atoms with van der Waals surface area (Å²) in [6.45, 7) is 8.90. The molecular formula is C47H46N6O10. The maximum Gasteiger partial charge on any atom is 0.348 e. The molecule has 7 aromatic rings. The third-order valence-corrected chi connectivity index (χ3v) is 12.2. The number of aromatic nitrogens is 6. The zero-order valence-corrected chi connectivity index (χ0v) is 35.2. The highest BCUT2D eigenvalue weighted by atomic mass is 16.6. The summed E-state index contributed by atoms with van der Waals surface area (Å²) in [6.07, 6.45) is 3.22. The number of carbonyl (C=O) groups is 2. The monoisotopic (exact) mass is 854 g/mol. The van der Waals surface area contributed by atoms with Crippen molar-refractivity contribution in [2.45, 2.75) is 84.6 Å². The molecule has 1 atom stereocenters. The molecule has 0 aliphatic carbocycles. The second-order valence-electron chi connectivity index (χ2n) is 16.3. The number of nitrogens with one attached hydrogen (secondary N) is 1. The average Bonchev–Trinajstić information content (AvgIpc) is 3.97. The number of cyclic esters (lactones) is 1. The van der Waals surface area contributed by atoms with Gasteiger partial charge in [0.25, 0.3) is 5.56 Å². The number of hydrogen-bond acceptors (Lipinski definition) is 12. The molecule has 0 radical (unpaired) electrons. The van der Waals surface area contributed by atoms with Crippen LogP contribution in [0.2, 0.25) is 0 Å². The van der Waals surface area contributed by atoms with E-state index in [0.29, 0.717) is 72.1 Å². The molecule has 63 heavy (non-hydrogen) atoms. The lowest BCUT2D eigenvalue weighted by Crippen LogP contribution is -2.44. The van der Waals surface area contributed by atoms with Crippen LogP contribution in [0, 0.1) is 0 Å². The normalized spacial score (nSPS) is 15.5. The van der Waals surface area contributed by atoms with Crippen molar-refractivity contribution in [2.75, 3.05) is 13.2 Å². The molecule has 1 unspecified atom stereocenters. The van der Waals surface area contributed by atoms with E-state index in [4.69, 9.17) is 19.2 Å². The number of rotatable bonds is 13. The van der Waals surface area contributed by atoms with Crippen LogP contribution >= 0.6 is 0 Å². The van der Waals surface area contributed by atoms with Crippen molar-refractivity contribution in [3.8, 4) is 45.7 Å². The SMILES string of the molecule is CCc1c2c(nc3ccc(OC(=O)CCCOCCn4ccc5cc(-n6c(-c7cc(C(C)C)c(O)cc7O)n[nH]c6=O)ccc54)cc13)-c1cc3c(c(=O)n1C2)COC(=O)C3(O)CC. The van der Waals surface area contributed by atoms with E-state index in [1.807, 2.05) is 49.7 Å². The molecule has 2 aliphatic rings. The molecule has 0 amide bonds. The Bertz CT molecular complexity index is 3120. The number of ether oxygens (including phenoxy) is 3. The number of esters is 2. The Labute approximate surface area is 359 Å². The van der Waals surface area contributed by atoms with E-state index < -0.39 is 23.2 Å². The first-order valence-corrected chi connectivity index (χ1v) is 21.0. The van der Waals surface area contributed by atoms with E-state index in [0.717, 1.165) is 27.4 Å². The van der Waals surface area contributed by atoms with Crippen molar-refractivity contribution in [1.29, 1.82) is 0 Å². The van der Waals surface area contributed by atoms with Crippen LogP contribution in [0.5, 0.6) is 17.2 Å². The number of pyridine rings is 2. The summed E-state index contributed by atoms with van der Waals surface area (Å²) in [7, 11) is 0. The Hall–Kier alpha value is -7.04. The summed E-state index contributed by atoms with van der Waals surface area (Å²) in [5.41, 5.74) is 3.88. The molecule has 3 aromatic carbocycles. The Balaban J connectivity index is 0.816. The smallest absolute Gasteiger partial charge is 0.348 e. The van der Waals surface area contributed by atoms with Gasteiger partial charge < -0.3 is 38.7 Å².